The first-order valence-electron chi connectivity index (χ1n) is 4.99. The average molecular weight is 343 g/mol. The van der Waals surface area contributed by atoms with Crippen LogP contribution in [0.2, 0.25) is 0 Å². The number of hydrogen-bond donors (Lipinski definition) is 1. The van der Waals surface area contributed by atoms with Gasteiger partial charge in [0.15, 0.2) is 0 Å². The standard InChI is InChI=1S/C10H10IN5O/c11-8-1-2-9(12-7-8)14-10(17)3-5-16-6-4-13-15-16/h1-2,4,6-7H,3,5H2,(H,12,14,17). The van der Waals surface area contributed by atoms with Crippen molar-refractivity contribution in [2.45, 2.75) is 13.0 Å². The van der Waals surface area contributed by atoms with Crippen LogP contribution in [0.3, 0.4) is 0 Å². The number of carbonyl (C=O) groups is 1. The van der Waals surface area contributed by atoms with E-state index in [1.807, 2.05) is 6.07 Å². The second-order valence-electron chi connectivity index (χ2n) is 3.33. The Hall–Kier alpha value is -1.51. The van der Waals surface area contributed by atoms with Crippen molar-refractivity contribution < 1.29 is 4.79 Å². The molecule has 0 aliphatic rings. The van der Waals surface area contributed by atoms with Crippen molar-refractivity contribution in [2.24, 2.45) is 0 Å². The summed E-state index contributed by atoms with van der Waals surface area (Å²) in [4.78, 5) is 15.7. The number of halogens is 1. The molecule has 0 spiro atoms. The van der Waals surface area contributed by atoms with Gasteiger partial charge in [0.25, 0.3) is 0 Å². The van der Waals surface area contributed by atoms with Gasteiger partial charge in [0.1, 0.15) is 5.82 Å². The Bertz CT molecular complexity index is 482. The van der Waals surface area contributed by atoms with Crippen LogP contribution in [0.1, 0.15) is 6.42 Å². The molecule has 0 saturated carbocycles. The first-order valence-corrected chi connectivity index (χ1v) is 6.07. The highest BCUT2D eigenvalue weighted by Gasteiger charge is 2.03. The third kappa shape index (κ3) is 3.77. The molecule has 2 aromatic heterocycles. The molecule has 0 unspecified atom stereocenters. The van der Waals surface area contributed by atoms with E-state index in [1.165, 1.54) is 0 Å². The third-order valence-corrected chi connectivity index (χ3v) is 2.67. The smallest absolute Gasteiger partial charge is 0.227 e. The molecule has 17 heavy (non-hydrogen) atoms. The van der Waals surface area contributed by atoms with Crippen molar-refractivity contribution in [1.29, 1.82) is 0 Å². The lowest BCUT2D eigenvalue weighted by atomic mass is 10.4. The van der Waals surface area contributed by atoms with Gasteiger partial charge in [-0.2, -0.15) is 0 Å². The number of rotatable bonds is 4. The van der Waals surface area contributed by atoms with E-state index in [2.05, 4.69) is 43.2 Å². The normalized spacial score (nSPS) is 10.2. The van der Waals surface area contributed by atoms with Crippen LogP contribution >= 0.6 is 22.6 Å². The van der Waals surface area contributed by atoms with Crippen LogP contribution in [-0.2, 0) is 11.3 Å². The molecule has 2 aromatic rings. The van der Waals surface area contributed by atoms with E-state index in [9.17, 15) is 4.79 Å². The zero-order valence-corrected chi connectivity index (χ0v) is 11.0. The first-order chi connectivity index (χ1) is 8.24. The Labute approximate surface area is 112 Å². The number of aromatic nitrogens is 4. The second-order valence-corrected chi connectivity index (χ2v) is 4.57. The van der Waals surface area contributed by atoms with Gasteiger partial charge in [-0.3, -0.25) is 9.48 Å². The summed E-state index contributed by atoms with van der Waals surface area (Å²) in [5.74, 6) is 0.475. The van der Waals surface area contributed by atoms with E-state index in [0.29, 0.717) is 18.8 Å². The predicted molar refractivity (Wildman–Crippen MR) is 70.2 cm³/mol. The zero-order chi connectivity index (χ0) is 12.1. The number of hydrogen-bond acceptors (Lipinski definition) is 4. The van der Waals surface area contributed by atoms with Gasteiger partial charge < -0.3 is 5.32 Å². The van der Waals surface area contributed by atoms with Crippen LogP contribution in [0.25, 0.3) is 0 Å². The number of aryl methyl sites for hydroxylation is 1. The van der Waals surface area contributed by atoms with Gasteiger partial charge >= 0.3 is 0 Å². The van der Waals surface area contributed by atoms with Gasteiger partial charge in [-0.1, -0.05) is 5.21 Å². The molecule has 2 rings (SSSR count). The predicted octanol–water partition coefficient (Wildman–Crippen LogP) is 1.31. The fourth-order valence-electron chi connectivity index (χ4n) is 1.22. The fraction of sp³-hybridized carbons (Fsp3) is 0.200. The summed E-state index contributed by atoms with van der Waals surface area (Å²) >= 11 is 2.16. The molecule has 0 atom stereocenters. The quantitative estimate of drug-likeness (QED) is 0.850. The van der Waals surface area contributed by atoms with Gasteiger partial charge in [0, 0.05) is 22.4 Å². The molecule has 88 valence electrons. The summed E-state index contributed by atoms with van der Waals surface area (Å²) in [6.07, 6.45) is 5.35. The highest BCUT2D eigenvalue weighted by atomic mass is 127. The molecule has 0 aliphatic carbocycles. The maximum absolute atomic E-state index is 11.6. The summed E-state index contributed by atoms with van der Waals surface area (Å²) in [6.45, 7) is 0.510. The highest BCUT2D eigenvalue weighted by Crippen LogP contribution is 2.07. The maximum atomic E-state index is 11.6. The Morgan fingerprint density at radius 3 is 3.00 bits per heavy atom. The molecule has 0 fully saturated rings. The van der Waals surface area contributed by atoms with Gasteiger partial charge in [-0.05, 0) is 34.7 Å². The van der Waals surface area contributed by atoms with Crippen molar-refractivity contribution in [3.8, 4) is 0 Å². The van der Waals surface area contributed by atoms with Gasteiger partial charge in [-0.25, -0.2) is 4.98 Å². The Morgan fingerprint density at radius 1 is 1.47 bits per heavy atom. The molecule has 0 saturated heterocycles. The molecule has 0 radical (unpaired) electrons. The van der Waals surface area contributed by atoms with Gasteiger partial charge in [0.05, 0.1) is 12.7 Å². The molecule has 1 amide bonds. The molecule has 6 nitrogen and oxygen atoms in total. The summed E-state index contributed by atoms with van der Waals surface area (Å²) in [7, 11) is 0. The second kappa shape index (κ2) is 5.71. The highest BCUT2D eigenvalue weighted by molar-refractivity contribution is 14.1. The number of pyridine rings is 1. The van der Waals surface area contributed by atoms with E-state index in [-0.39, 0.29) is 5.91 Å². The first kappa shape index (κ1) is 12.0. The van der Waals surface area contributed by atoms with Crippen molar-refractivity contribution in [1.82, 2.24) is 20.0 Å². The molecule has 1 N–H and O–H groups in total. The Morgan fingerprint density at radius 2 is 2.35 bits per heavy atom. The molecular weight excluding hydrogens is 333 g/mol. The lowest BCUT2D eigenvalue weighted by Gasteiger charge is -2.04. The molecule has 0 aromatic carbocycles. The van der Waals surface area contributed by atoms with Crippen LogP contribution in [-0.4, -0.2) is 25.9 Å². The molecule has 0 aliphatic heterocycles. The number of anilines is 1. The van der Waals surface area contributed by atoms with Gasteiger partial charge in [0.2, 0.25) is 5.91 Å². The lowest BCUT2D eigenvalue weighted by molar-refractivity contribution is -0.116. The van der Waals surface area contributed by atoms with Crippen molar-refractivity contribution in [3.63, 3.8) is 0 Å². The van der Waals surface area contributed by atoms with Crippen LogP contribution < -0.4 is 5.32 Å². The number of carbonyl (C=O) groups excluding carboxylic acids is 1. The van der Waals surface area contributed by atoms with Crippen molar-refractivity contribution in [2.75, 3.05) is 5.32 Å². The maximum Gasteiger partial charge on any atom is 0.227 e. The van der Waals surface area contributed by atoms with Crippen LogP contribution in [0.5, 0.6) is 0 Å². The summed E-state index contributed by atoms with van der Waals surface area (Å²) in [5.41, 5.74) is 0. The topological polar surface area (TPSA) is 72.7 Å². The Kier molecular flexibility index (Phi) is 4.02. The van der Waals surface area contributed by atoms with E-state index in [4.69, 9.17) is 0 Å². The monoisotopic (exact) mass is 343 g/mol. The lowest BCUT2D eigenvalue weighted by Crippen LogP contribution is -2.15. The van der Waals surface area contributed by atoms with E-state index < -0.39 is 0 Å². The minimum atomic E-state index is -0.0887. The minimum Gasteiger partial charge on any atom is -0.311 e. The van der Waals surface area contributed by atoms with Crippen LogP contribution in [0.15, 0.2) is 30.7 Å². The minimum absolute atomic E-state index is 0.0887. The molecule has 7 heteroatoms. The molecule has 2 heterocycles. The van der Waals surface area contributed by atoms with Gasteiger partial charge in [-0.15, -0.1) is 5.10 Å². The fourth-order valence-corrected chi connectivity index (χ4v) is 1.54. The number of amides is 1. The molecular formula is C10H10IN5O. The van der Waals surface area contributed by atoms with Crippen LogP contribution in [0.4, 0.5) is 5.82 Å². The summed E-state index contributed by atoms with van der Waals surface area (Å²) in [5, 5.41) is 10.2. The third-order valence-electron chi connectivity index (χ3n) is 2.03. The summed E-state index contributed by atoms with van der Waals surface area (Å²) < 4.78 is 2.64. The number of nitrogens with zero attached hydrogens (tertiary/aromatic N) is 4. The summed E-state index contributed by atoms with van der Waals surface area (Å²) in [6, 6.07) is 3.66. The zero-order valence-electron chi connectivity index (χ0n) is 8.88. The van der Waals surface area contributed by atoms with Crippen molar-refractivity contribution in [3.05, 3.63) is 34.3 Å². The number of nitrogens with one attached hydrogen (secondary N) is 1. The SMILES string of the molecule is O=C(CCn1ccnn1)Nc1ccc(I)cn1. The molecule has 0 bridgehead atoms. The van der Waals surface area contributed by atoms with E-state index >= 15 is 0 Å². The average Bonchev–Trinajstić information content (AvgIpc) is 2.83. The van der Waals surface area contributed by atoms with E-state index in [1.54, 1.807) is 29.3 Å². The van der Waals surface area contributed by atoms with Crippen molar-refractivity contribution >= 4 is 34.3 Å². The van der Waals surface area contributed by atoms with E-state index in [0.717, 1.165) is 3.57 Å². The largest absolute Gasteiger partial charge is 0.311 e. The Balaban J connectivity index is 1.83. The van der Waals surface area contributed by atoms with Crippen LogP contribution in [0, 0.1) is 3.57 Å².